The zero-order valence-electron chi connectivity index (χ0n) is 8.89. The summed E-state index contributed by atoms with van der Waals surface area (Å²) in [6, 6.07) is 5.34. The molecule has 0 fully saturated rings. The van der Waals surface area contributed by atoms with Gasteiger partial charge >= 0.3 is 0 Å². The van der Waals surface area contributed by atoms with Crippen molar-refractivity contribution in [2.24, 2.45) is 0 Å². The van der Waals surface area contributed by atoms with Gasteiger partial charge in [0.15, 0.2) is 17.8 Å². The van der Waals surface area contributed by atoms with E-state index in [1.807, 2.05) is 0 Å². The molecule has 0 unspecified atom stereocenters. The molecule has 0 bridgehead atoms. The number of rotatable bonds is 4. The first-order chi connectivity index (χ1) is 7.85. The lowest BCUT2D eigenvalue weighted by molar-refractivity contribution is 0.341. The predicted molar refractivity (Wildman–Crippen MR) is 55.0 cm³/mol. The summed E-state index contributed by atoms with van der Waals surface area (Å²) < 4.78 is 20.5. The van der Waals surface area contributed by atoms with Crippen LogP contribution in [0.4, 0.5) is 0 Å². The van der Waals surface area contributed by atoms with E-state index < -0.39 is 0 Å². The van der Waals surface area contributed by atoms with E-state index in [0.29, 0.717) is 23.1 Å². The van der Waals surface area contributed by atoms with Gasteiger partial charge in [-0.25, -0.2) is 0 Å². The quantitative estimate of drug-likeness (QED) is 0.791. The zero-order valence-corrected chi connectivity index (χ0v) is 8.89. The van der Waals surface area contributed by atoms with Crippen LogP contribution in [0.2, 0.25) is 0 Å². The second-order valence-electron chi connectivity index (χ2n) is 2.87. The minimum Gasteiger partial charge on any atom is -0.493 e. The number of nitrogens with zero attached hydrogens (tertiary/aromatic N) is 1. The lowest BCUT2D eigenvalue weighted by Gasteiger charge is -2.11. The molecule has 0 amide bonds. The van der Waals surface area contributed by atoms with Crippen LogP contribution < -0.4 is 14.2 Å². The lowest BCUT2D eigenvalue weighted by Crippen LogP contribution is -1.94. The van der Waals surface area contributed by atoms with Crippen molar-refractivity contribution >= 4 is 0 Å². The zero-order chi connectivity index (χ0) is 11.4. The highest BCUT2D eigenvalue weighted by Gasteiger charge is 2.13. The molecule has 83 valence electrons. The van der Waals surface area contributed by atoms with Crippen LogP contribution in [0.3, 0.4) is 0 Å². The summed E-state index contributed by atoms with van der Waals surface area (Å²) in [5.41, 5.74) is 0. The first-order valence-electron chi connectivity index (χ1n) is 4.55. The molecule has 1 aromatic heterocycles. The van der Waals surface area contributed by atoms with E-state index in [4.69, 9.17) is 18.6 Å². The molecule has 2 rings (SSSR count). The van der Waals surface area contributed by atoms with Gasteiger partial charge in [0, 0.05) is 0 Å². The maximum Gasteiger partial charge on any atom is 0.287 e. The highest BCUT2D eigenvalue weighted by atomic mass is 16.5. The van der Waals surface area contributed by atoms with E-state index >= 15 is 0 Å². The van der Waals surface area contributed by atoms with E-state index in [0.717, 1.165) is 0 Å². The molecule has 0 spiro atoms. The molecule has 1 aromatic carbocycles. The van der Waals surface area contributed by atoms with E-state index in [-0.39, 0.29) is 0 Å². The van der Waals surface area contributed by atoms with Crippen molar-refractivity contribution in [1.82, 2.24) is 4.98 Å². The summed E-state index contributed by atoms with van der Waals surface area (Å²) in [5, 5.41) is 0. The van der Waals surface area contributed by atoms with Crippen molar-refractivity contribution in [3.8, 4) is 23.1 Å². The Morgan fingerprint density at radius 2 is 1.88 bits per heavy atom. The van der Waals surface area contributed by atoms with Crippen molar-refractivity contribution < 1.29 is 18.6 Å². The van der Waals surface area contributed by atoms with Crippen molar-refractivity contribution in [3.63, 3.8) is 0 Å². The Morgan fingerprint density at radius 3 is 2.38 bits per heavy atom. The fourth-order valence-electron chi connectivity index (χ4n) is 1.24. The third-order valence-corrected chi connectivity index (χ3v) is 1.96. The standard InChI is InChI=1S/C11H10NO4/c1-13-8-4-3-5-9(14-2)11(8)16-10-6-15-7-12-10/h3-6H,1-2H3. The average Bonchev–Trinajstić information content (AvgIpc) is 2.82. The van der Waals surface area contributed by atoms with E-state index in [9.17, 15) is 0 Å². The molecule has 5 nitrogen and oxygen atoms in total. The molecular weight excluding hydrogens is 210 g/mol. The van der Waals surface area contributed by atoms with Crippen molar-refractivity contribution in [1.29, 1.82) is 0 Å². The number of ether oxygens (including phenoxy) is 3. The molecule has 16 heavy (non-hydrogen) atoms. The minimum atomic E-state index is 0.294. The minimum absolute atomic E-state index is 0.294. The SMILES string of the molecule is COc1cccc(OC)c1Oc1co[c]n1. The molecule has 5 heteroatoms. The summed E-state index contributed by atoms with van der Waals surface area (Å²) in [7, 11) is 3.10. The Hall–Kier alpha value is -2.17. The second kappa shape index (κ2) is 4.57. The number of hydrogen-bond acceptors (Lipinski definition) is 5. The highest BCUT2D eigenvalue weighted by Crippen LogP contribution is 2.39. The summed E-state index contributed by atoms with van der Waals surface area (Å²) >= 11 is 0. The Morgan fingerprint density at radius 1 is 1.19 bits per heavy atom. The van der Waals surface area contributed by atoms with Gasteiger partial charge in [-0.1, -0.05) is 6.07 Å². The maximum absolute atomic E-state index is 5.48. The fraction of sp³-hybridized carbons (Fsp3) is 0.182. The molecule has 0 aliphatic carbocycles. The third-order valence-electron chi connectivity index (χ3n) is 1.96. The molecule has 0 saturated carbocycles. The van der Waals surface area contributed by atoms with Crippen LogP contribution in [0.5, 0.6) is 23.1 Å². The molecule has 0 atom stereocenters. The molecule has 0 saturated heterocycles. The van der Waals surface area contributed by atoms with E-state index in [1.165, 1.54) is 6.26 Å². The van der Waals surface area contributed by atoms with Crippen molar-refractivity contribution in [2.45, 2.75) is 0 Å². The van der Waals surface area contributed by atoms with Gasteiger partial charge < -0.3 is 18.6 Å². The number of para-hydroxylation sites is 1. The Balaban J connectivity index is 2.37. The van der Waals surface area contributed by atoms with Gasteiger partial charge in [0.05, 0.1) is 14.2 Å². The van der Waals surface area contributed by atoms with Crippen molar-refractivity contribution in [3.05, 3.63) is 30.9 Å². The summed E-state index contributed by atoms with van der Waals surface area (Å²) in [4.78, 5) is 3.74. The van der Waals surface area contributed by atoms with Crippen LogP contribution in [0.1, 0.15) is 0 Å². The summed E-state index contributed by atoms with van der Waals surface area (Å²) in [6.07, 6.45) is 3.63. The third kappa shape index (κ3) is 1.93. The Kier molecular flexibility index (Phi) is 2.95. The van der Waals surface area contributed by atoms with Crippen LogP contribution in [-0.4, -0.2) is 19.2 Å². The van der Waals surface area contributed by atoms with Crippen LogP contribution in [0, 0.1) is 6.39 Å². The predicted octanol–water partition coefficient (Wildman–Crippen LogP) is 2.28. The molecule has 2 aromatic rings. The smallest absolute Gasteiger partial charge is 0.287 e. The molecule has 1 radical (unpaired) electrons. The van der Waals surface area contributed by atoms with E-state index in [1.54, 1.807) is 32.4 Å². The van der Waals surface area contributed by atoms with Crippen LogP contribution in [-0.2, 0) is 0 Å². The topological polar surface area (TPSA) is 53.7 Å². The number of aromatic nitrogens is 1. The van der Waals surface area contributed by atoms with E-state index in [2.05, 4.69) is 11.4 Å². The summed E-state index contributed by atoms with van der Waals surface area (Å²) in [5.74, 6) is 1.86. The van der Waals surface area contributed by atoms with Gasteiger partial charge in [0.25, 0.3) is 12.3 Å². The first kappa shape index (κ1) is 10.4. The molecule has 0 N–H and O–H groups in total. The average molecular weight is 220 g/mol. The number of methoxy groups -OCH3 is 2. The maximum atomic E-state index is 5.48. The van der Waals surface area contributed by atoms with Gasteiger partial charge in [-0.05, 0) is 12.1 Å². The van der Waals surface area contributed by atoms with Crippen LogP contribution >= 0.6 is 0 Å². The van der Waals surface area contributed by atoms with Crippen molar-refractivity contribution in [2.75, 3.05) is 14.2 Å². The Labute approximate surface area is 92.6 Å². The fourth-order valence-corrected chi connectivity index (χ4v) is 1.24. The lowest BCUT2D eigenvalue weighted by atomic mass is 10.3. The first-order valence-corrected chi connectivity index (χ1v) is 4.55. The monoisotopic (exact) mass is 220 g/mol. The number of benzene rings is 1. The van der Waals surface area contributed by atoms with Crippen LogP contribution in [0.25, 0.3) is 0 Å². The number of hydrogen-bond donors (Lipinski definition) is 0. The normalized spacial score (nSPS) is 9.88. The molecular formula is C11H10NO4. The van der Waals surface area contributed by atoms with Gasteiger partial charge in [-0.3, -0.25) is 0 Å². The van der Waals surface area contributed by atoms with Gasteiger partial charge in [0.1, 0.15) is 0 Å². The number of oxazole rings is 1. The molecule has 1 heterocycles. The summed E-state index contributed by atoms with van der Waals surface area (Å²) in [6.45, 7) is 0. The molecule has 0 aliphatic heterocycles. The largest absolute Gasteiger partial charge is 0.493 e. The molecule has 0 aliphatic rings. The van der Waals surface area contributed by atoms with Gasteiger partial charge in [0.2, 0.25) is 5.75 Å². The van der Waals surface area contributed by atoms with Gasteiger partial charge in [-0.15, -0.1) is 0 Å². The highest BCUT2D eigenvalue weighted by molar-refractivity contribution is 5.52. The van der Waals surface area contributed by atoms with Gasteiger partial charge in [-0.2, -0.15) is 4.98 Å². The Bertz CT molecular complexity index is 431. The second-order valence-corrected chi connectivity index (χ2v) is 2.87. The van der Waals surface area contributed by atoms with Crippen LogP contribution in [0.15, 0.2) is 28.9 Å².